The van der Waals surface area contributed by atoms with Crippen molar-refractivity contribution in [1.82, 2.24) is 19.8 Å². The molecule has 2 aliphatic rings. The normalized spacial score (nSPS) is 17.4. The van der Waals surface area contributed by atoms with Gasteiger partial charge in [-0.2, -0.15) is 0 Å². The van der Waals surface area contributed by atoms with Gasteiger partial charge in [-0.25, -0.2) is 9.78 Å². The van der Waals surface area contributed by atoms with Crippen LogP contribution < -0.4 is 0 Å². The second-order valence-electron chi connectivity index (χ2n) is 9.77. The van der Waals surface area contributed by atoms with Gasteiger partial charge in [0.2, 0.25) is 0 Å². The molecule has 0 aliphatic carbocycles. The van der Waals surface area contributed by atoms with Crippen molar-refractivity contribution >= 4 is 23.0 Å². The Morgan fingerprint density at radius 1 is 1.08 bits per heavy atom. The van der Waals surface area contributed by atoms with Crippen molar-refractivity contribution in [3.63, 3.8) is 0 Å². The molecule has 0 spiro atoms. The molecule has 2 aliphatic heterocycles. The maximum Gasteiger partial charge on any atom is 0.407 e. The number of aromatic amines is 1. The average Bonchev–Trinajstić information content (AvgIpc) is 3.55. The third kappa shape index (κ3) is 3.81. The van der Waals surface area contributed by atoms with Crippen molar-refractivity contribution in [3.05, 3.63) is 88.7 Å². The number of likely N-dealkylation sites (tertiary alicyclic amines) is 1. The quantitative estimate of drug-likeness (QED) is 0.402. The lowest BCUT2D eigenvalue weighted by Gasteiger charge is -2.34. The number of H-pyrrole nitrogens is 1. The van der Waals surface area contributed by atoms with E-state index in [1.165, 1.54) is 5.56 Å². The van der Waals surface area contributed by atoms with Crippen LogP contribution in [0.15, 0.2) is 60.9 Å². The summed E-state index contributed by atoms with van der Waals surface area (Å²) >= 11 is 0. The fraction of sp³-hybridized carbons (Fsp3) is 0.276. The molecular weight excluding hydrogens is 452 g/mol. The predicted molar refractivity (Wildman–Crippen MR) is 138 cm³/mol. The number of pyridine rings is 1. The van der Waals surface area contributed by atoms with Crippen molar-refractivity contribution in [3.8, 4) is 11.1 Å². The lowest BCUT2D eigenvalue weighted by molar-refractivity contribution is 0.0732. The van der Waals surface area contributed by atoms with Crippen LogP contribution in [0, 0.1) is 6.92 Å². The number of nitrogens with one attached hydrogen (secondary N) is 1. The van der Waals surface area contributed by atoms with Crippen LogP contribution in [0.3, 0.4) is 0 Å². The summed E-state index contributed by atoms with van der Waals surface area (Å²) < 4.78 is 0. The molecule has 7 nitrogen and oxygen atoms in total. The molecule has 182 valence electrons. The minimum Gasteiger partial charge on any atom is -0.465 e. The molecule has 2 amide bonds. The number of aromatic nitrogens is 2. The number of hydrogen-bond acceptors (Lipinski definition) is 3. The molecule has 1 atom stereocenters. The first kappa shape index (κ1) is 22.3. The molecule has 0 bridgehead atoms. The van der Waals surface area contributed by atoms with Crippen molar-refractivity contribution in [2.45, 2.75) is 38.8 Å². The molecule has 2 aromatic heterocycles. The predicted octanol–water partition coefficient (Wildman–Crippen LogP) is 5.55. The molecule has 4 heterocycles. The standard InChI is InChI=1S/C29H28N4O3/c1-18-15-30-27-23(18)14-22(16-31-27)21-12-20-9-11-32(28(34)19-6-3-2-4-7-19)17-25(20)24(13-21)26-8-5-10-33(26)29(35)36/h2-4,6-7,12-16,26H,5,8-11,17H2,1H3,(H,30,31)(H,35,36)/t26-/m0/s1. The first-order chi connectivity index (χ1) is 17.5. The number of fused-ring (bicyclic) bond motifs is 2. The Morgan fingerprint density at radius 3 is 2.72 bits per heavy atom. The van der Waals surface area contributed by atoms with Gasteiger partial charge in [-0.3, -0.25) is 4.79 Å². The first-order valence-corrected chi connectivity index (χ1v) is 12.4. The minimum absolute atomic E-state index is 0.00961. The molecule has 36 heavy (non-hydrogen) atoms. The Balaban J connectivity index is 1.44. The molecule has 0 unspecified atom stereocenters. The summed E-state index contributed by atoms with van der Waals surface area (Å²) in [5.41, 5.74) is 8.00. The van der Waals surface area contributed by atoms with Gasteiger partial charge < -0.3 is 19.9 Å². The smallest absolute Gasteiger partial charge is 0.407 e. The van der Waals surface area contributed by atoms with Crippen LogP contribution in [0.4, 0.5) is 4.79 Å². The van der Waals surface area contributed by atoms with Gasteiger partial charge in [0.05, 0.1) is 6.04 Å². The van der Waals surface area contributed by atoms with Gasteiger partial charge in [0.25, 0.3) is 5.91 Å². The molecule has 6 rings (SSSR count). The largest absolute Gasteiger partial charge is 0.465 e. The summed E-state index contributed by atoms with van der Waals surface area (Å²) in [6.45, 7) is 3.70. The lowest BCUT2D eigenvalue weighted by Crippen LogP contribution is -2.37. The van der Waals surface area contributed by atoms with Gasteiger partial charge in [0, 0.05) is 48.5 Å². The van der Waals surface area contributed by atoms with Crippen LogP contribution in [0.25, 0.3) is 22.2 Å². The highest BCUT2D eigenvalue weighted by molar-refractivity contribution is 5.94. The molecular formula is C29H28N4O3. The van der Waals surface area contributed by atoms with E-state index in [2.05, 4.69) is 35.1 Å². The maximum absolute atomic E-state index is 13.2. The highest BCUT2D eigenvalue weighted by Gasteiger charge is 2.34. The van der Waals surface area contributed by atoms with Crippen molar-refractivity contribution in [2.75, 3.05) is 13.1 Å². The third-order valence-corrected chi connectivity index (χ3v) is 7.61. The van der Waals surface area contributed by atoms with Crippen molar-refractivity contribution in [1.29, 1.82) is 0 Å². The molecule has 1 saturated heterocycles. The summed E-state index contributed by atoms with van der Waals surface area (Å²) in [6, 6.07) is 15.6. The van der Waals surface area contributed by atoms with E-state index in [1.54, 1.807) is 4.90 Å². The monoisotopic (exact) mass is 480 g/mol. The molecule has 0 radical (unpaired) electrons. The topological polar surface area (TPSA) is 89.5 Å². The Morgan fingerprint density at radius 2 is 1.92 bits per heavy atom. The fourth-order valence-corrected chi connectivity index (χ4v) is 5.71. The molecule has 2 N–H and O–H groups in total. The van der Waals surface area contributed by atoms with E-state index in [0.29, 0.717) is 25.2 Å². The van der Waals surface area contributed by atoms with Crippen LogP contribution in [-0.2, 0) is 13.0 Å². The summed E-state index contributed by atoms with van der Waals surface area (Å²) in [7, 11) is 0. The minimum atomic E-state index is -0.893. The molecule has 7 heteroatoms. The molecule has 1 fully saturated rings. The van der Waals surface area contributed by atoms with Crippen molar-refractivity contribution in [2.24, 2.45) is 0 Å². The summed E-state index contributed by atoms with van der Waals surface area (Å²) in [5, 5.41) is 11.0. The SMILES string of the molecule is Cc1c[nH]c2ncc(-c3cc4c(c([C@@H]5CCCN5C(=O)O)c3)CN(C(=O)c3ccccc3)CC4)cc12. The molecule has 0 saturated carbocycles. The zero-order chi connectivity index (χ0) is 24.8. The van der Waals surface area contributed by atoms with Gasteiger partial charge in [0.15, 0.2) is 0 Å². The van der Waals surface area contributed by atoms with Crippen LogP contribution in [-0.4, -0.2) is 50.0 Å². The number of carbonyl (C=O) groups is 2. The Hall–Kier alpha value is -4.13. The molecule has 2 aromatic carbocycles. The number of benzene rings is 2. The van der Waals surface area contributed by atoms with Crippen LogP contribution >= 0.6 is 0 Å². The second kappa shape index (κ2) is 8.82. The summed E-state index contributed by atoms with van der Waals surface area (Å²) in [6.07, 6.45) is 5.29. The van der Waals surface area contributed by atoms with E-state index in [1.807, 2.05) is 47.6 Å². The second-order valence-corrected chi connectivity index (χ2v) is 9.77. The fourth-order valence-electron chi connectivity index (χ4n) is 5.71. The van der Waals surface area contributed by atoms with E-state index in [-0.39, 0.29) is 11.9 Å². The number of aryl methyl sites for hydroxylation is 1. The van der Waals surface area contributed by atoms with E-state index in [9.17, 15) is 14.7 Å². The van der Waals surface area contributed by atoms with E-state index in [0.717, 1.165) is 58.1 Å². The van der Waals surface area contributed by atoms with Gasteiger partial charge in [-0.15, -0.1) is 0 Å². The summed E-state index contributed by atoms with van der Waals surface area (Å²) in [5.74, 6) is 0.00961. The number of carbonyl (C=O) groups excluding carboxylic acids is 1. The van der Waals surface area contributed by atoms with Gasteiger partial charge >= 0.3 is 6.09 Å². The number of hydrogen-bond donors (Lipinski definition) is 2. The Labute approximate surface area is 209 Å². The highest BCUT2D eigenvalue weighted by atomic mass is 16.4. The van der Waals surface area contributed by atoms with Gasteiger partial charge in [0.1, 0.15) is 5.65 Å². The zero-order valence-electron chi connectivity index (χ0n) is 20.2. The van der Waals surface area contributed by atoms with Crippen molar-refractivity contribution < 1.29 is 14.7 Å². The van der Waals surface area contributed by atoms with Gasteiger partial charge in [-0.1, -0.05) is 24.3 Å². The van der Waals surface area contributed by atoms with E-state index in [4.69, 9.17) is 0 Å². The Bertz CT molecular complexity index is 1480. The third-order valence-electron chi connectivity index (χ3n) is 7.61. The average molecular weight is 481 g/mol. The highest BCUT2D eigenvalue weighted by Crippen LogP contribution is 2.40. The number of nitrogens with zero attached hydrogens (tertiary/aromatic N) is 3. The molecule has 4 aromatic rings. The number of amides is 2. The number of carboxylic acid groups (broad SMARTS) is 1. The van der Waals surface area contributed by atoms with Gasteiger partial charge in [-0.05, 0) is 78.3 Å². The van der Waals surface area contributed by atoms with Crippen LogP contribution in [0.5, 0.6) is 0 Å². The van der Waals surface area contributed by atoms with Crippen LogP contribution in [0.1, 0.15) is 51.5 Å². The zero-order valence-corrected chi connectivity index (χ0v) is 20.2. The lowest BCUT2D eigenvalue weighted by atomic mass is 9.86. The van der Waals surface area contributed by atoms with Crippen LogP contribution in [0.2, 0.25) is 0 Å². The summed E-state index contributed by atoms with van der Waals surface area (Å²) in [4.78, 5) is 36.6. The maximum atomic E-state index is 13.2. The van der Waals surface area contributed by atoms with E-state index < -0.39 is 6.09 Å². The Kier molecular flexibility index (Phi) is 5.48. The first-order valence-electron chi connectivity index (χ1n) is 12.4. The number of rotatable bonds is 3. The van der Waals surface area contributed by atoms with E-state index >= 15 is 0 Å².